The zero-order chi connectivity index (χ0) is 28.5. The molecule has 4 amide bonds. The molecule has 2 N–H and O–H groups in total. The van der Waals surface area contributed by atoms with E-state index in [0.29, 0.717) is 38.8 Å². The number of likely N-dealkylation sites (tertiary alicyclic amines) is 2. The van der Waals surface area contributed by atoms with Gasteiger partial charge in [0.25, 0.3) is 0 Å². The molecule has 12 heteroatoms. The number of hydrogen-bond donors (Lipinski definition) is 2. The minimum absolute atomic E-state index is 0.0593. The molecule has 0 aromatic heterocycles. The molecule has 1 aromatic rings. The number of benzene rings is 1. The summed E-state index contributed by atoms with van der Waals surface area (Å²) in [5.74, 6) is -3.59. The average molecular weight is 563 g/mol. The molecule has 2 fully saturated rings. The molecule has 2 heterocycles. The smallest absolute Gasteiger partial charge is 0.407 e. The van der Waals surface area contributed by atoms with Gasteiger partial charge in [-0.2, -0.15) is 0 Å². The topological polar surface area (TPSA) is 142 Å². The van der Waals surface area contributed by atoms with Crippen molar-refractivity contribution >= 4 is 47.0 Å². The first-order valence-corrected chi connectivity index (χ1v) is 13.6. The molecule has 0 aliphatic carbocycles. The van der Waals surface area contributed by atoms with Gasteiger partial charge in [-0.05, 0) is 37.2 Å². The molecule has 2 saturated heterocycles. The quantitative estimate of drug-likeness (QED) is 0.307. The fourth-order valence-electron chi connectivity index (χ4n) is 4.86. The minimum Gasteiger partial charge on any atom is -0.445 e. The minimum atomic E-state index is -0.944. The highest BCUT2D eigenvalue weighted by Crippen LogP contribution is 2.23. The summed E-state index contributed by atoms with van der Waals surface area (Å²) in [6.07, 6.45) is 1.16. The third kappa shape index (κ3) is 7.78. The number of hydrogen-bond acceptors (Lipinski definition) is 7. The van der Waals surface area contributed by atoms with Crippen LogP contribution in [0.25, 0.3) is 0 Å². The maximum absolute atomic E-state index is 13.4. The van der Waals surface area contributed by atoms with E-state index in [4.69, 9.17) is 16.3 Å². The van der Waals surface area contributed by atoms with E-state index in [9.17, 15) is 28.8 Å². The van der Waals surface area contributed by atoms with Gasteiger partial charge in [-0.25, -0.2) is 4.79 Å². The first-order valence-electron chi connectivity index (χ1n) is 13.1. The van der Waals surface area contributed by atoms with Crippen LogP contribution in [0, 0.1) is 5.92 Å². The summed E-state index contributed by atoms with van der Waals surface area (Å²) in [4.78, 5) is 78.5. The number of alkyl carbamates (subject to hydrolysis) is 1. The van der Waals surface area contributed by atoms with Crippen molar-refractivity contribution in [3.8, 4) is 0 Å². The van der Waals surface area contributed by atoms with Crippen LogP contribution in [0.4, 0.5) is 4.79 Å². The predicted octanol–water partition coefficient (Wildman–Crippen LogP) is 1.41. The van der Waals surface area contributed by atoms with Crippen LogP contribution in [0.15, 0.2) is 30.3 Å². The fourth-order valence-corrected chi connectivity index (χ4v) is 4.99. The Bertz CT molecular complexity index is 1080. The molecule has 1 aromatic carbocycles. The fraction of sp³-hybridized carbons (Fsp3) is 0.556. The molecule has 2 aliphatic rings. The Morgan fingerprint density at radius 1 is 0.974 bits per heavy atom. The summed E-state index contributed by atoms with van der Waals surface area (Å²) in [6.45, 7) is 3.88. The molecular formula is C27H35ClN4O7. The summed E-state index contributed by atoms with van der Waals surface area (Å²) >= 11 is 5.53. The molecule has 3 atom stereocenters. The lowest BCUT2D eigenvalue weighted by atomic mass is 10.00. The van der Waals surface area contributed by atoms with Crippen molar-refractivity contribution in [2.24, 2.45) is 5.92 Å². The van der Waals surface area contributed by atoms with Crippen LogP contribution in [0.2, 0.25) is 0 Å². The SMILES string of the molecule is CC(C)[C@H](NC(=O)[C@@H]1CCCN1C(=O)CNC(=O)OCc1ccccc1)C(=O)N1CCC[C@H]1C(=O)C(=O)CCl. The molecule has 3 rings (SSSR count). The van der Waals surface area contributed by atoms with E-state index in [0.717, 1.165) is 5.56 Å². The number of nitrogens with one attached hydrogen (secondary N) is 2. The number of ether oxygens (including phenoxy) is 1. The van der Waals surface area contributed by atoms with Gasteiger partial charge in [-0.15, -0.1) is 11.6 Å². The summed E-state index contributed by atoms with van der Waals surface area (Å²) in [7, 11) is 0. The van der Waals surface area contributed by atoms with Gasteiger partial charge in [0.1, 0.15) is 25.2 Å². The Labute approximate surface area is 232 Å². The number of carbonyl (C=O) groups excluding carboxylic acids is 6. The van der Waals surface area contributed by atoms with Crippen molar-refractivity contribution in [3.63, 3.8) is 0 Å². The van der Waals surface area contributed by atoms with Gasteiger partial charge in [0.15, 0.2) is 0 Å². The third-order valence-electron chi connectivity index (χ3n) is 6.94. The van der Waals surface area contributed by atoms with Crippen LogP contribution in [-0.4, -0.2) is 88.8 Å². The summed E-state index contributed by atoms with van der Waals surface area (Å²) in [6, 6.07) is 6.47. The van der Waals surface area contributed by atoms with Crippen LogP contribution in [0.5, 0.6) is 0 Å². The molecule has 0 saturated carbocycles. The van der Waals surface area contributed by atoms with Crippen molar-refractivity contribution < 1.29 is 33.5 Å². The van der Waals surface area contributed by atoms with E-state index >= 15 is 0 Å². The average Bonchev–Trinajstić information content (AvgIpc) is 3.63. The largest absolute Gasteiger partial charge is 0.445 e. The van der Waals surface area contributed by atoms with Gasteiger partial charge in [0.05, 0.1) is 11.9 Å². The number of nitrogens with zero attached hydrogens (tertiary/aromatic N) is 2. The number of rotatable bonds is 11. The van der Waals surface area contributed by atoms with Crippen LogP contribution >= 0.6 is 11.6 Å². The van der Waals surface area contributed by atoms with E-state index < -0.39 is 59.4 Å². The van der Waals surface area contributed by atoms with Gasteiger partial charge in [-0.3, -0.25) is 24.0 Å². The first kappa shape index (κ1) is 30.1. The maximum Gasteiger partial charge on any atom is 0.407 e. The number of carbonyl (C=O) groups is 6. The number of amides is 4. The Morgan fingerprint density at radius 3 is 2.26 bits per heavy atom. The molecule has 0 unspecified atom stereocenters. The molecule has 0 spiro atoms. The summed E-state index contributed by atoms with van der Waals surface area (Å²) in [5, 5.41) is 5.19. The predicted molar refractivity (Wildman–Crippen MR) is 142 cm³/mol. The highest BCUT2D eigenvalue weighted by molar-refractivity contribution is 6.48. The summed E-state index contributed by atoms with van der Waals surface area (Å²) in [5.41, 5.74) is 0.805. The van der Waals surface area contributed by atoms with Crippen LogP contribution in [0.3, 0.4) is 0 Å². The molecule has 2 aliphatic heterocycles. The molecule has 0 radical (unpaired) electrons. The normalized spacial score (nSPS) is 19.5. The Balaban J connectivity index is 1.57. The molecule has 212 valence electrons. The zero-order valence-electron chi connectivity index (χ0n) is 22.2. The van der Waals surface area contributed by atoms with Crippen molar-refractivity contribution in [1.82, 2.24) is 20.4 Å². The lowest BCUT2D eigenvalue weighted by Gasteiger charge is -2.32. The van der Waals surface area contributed by atoms with E-state index in [-0.39, 0.29) is 19.1 Å². The number of ketones is 2. The van der Waals surface area contributed by atoms with Crippen LogP contribution in [-0.2, 0) is 35.3 Å². The van der Waals surface area contributed by atoms with Gasteiger partial charge in [-0.1, -0.05) is 44.2 Å². The Morgan fingerprint density at radius 2 is 1.62 bits per heavy atom. The third-order valence-corrected chi connectivity index (χ3v) is 7.18. The number of halogens is 1. The van der Waals surface area contributed by atoms with Gasteiger partial charge in [0.2, 0.25) is 29.3 Å². The highest BCUT2D eigenvalue weighted by atomic mass is 35.5. The molecular weight excluding hydrogens is 528 g/mol. The second kappa shape index (κ2) is 14.1. The summed E-state index contributed by atoms with van der Waals surface area (Å²) < 4.78 is 5.12. The lowest BCUT2D eigenvalue weighted by molar-refractivity contribution is -0.145. The second-order valence-electron chi connectivity index (χ2n) is 10.0. The lowest BCUT2D eigenvalue weighted by Crippen LogP contribution is -2.57. The van der Waals surface area contributed by atoms with Gasteiger partial charge < -0.3 is 25.2 Å². The zero-order valence-corrected chi connectivity index (χ0v) is 22.9. The van der Waals surface area contributed by atoms with Crippen molar-refractivity contribution in [1.29, 1.82) is 0 Å². The van der Waals surface area contributed by atoms with E-state index in [1.54, 1.807) is 13.8 Å². The van der Waals surface area contributed by atoms with Crippen LogP contribution < -0.4 is 10.6 Å². The van der Waals surface area contributed by atoms with E-state index in [1.807, 2.05) is 30.3 Å². The maximum atomic E-state index is 13.4. The molecule has 39 heavy (non-hydrogen) atoms. The van der Waals surface area contributed by atoms with Gasteiger partial charge >= 0.3 is 6.09 Å². The van der Waals surface area contributed by atoms with Crippen molar-refractivity contribution in [2.45, 2.75) is 64.3 Å². The highest BCUT2D eigenvalue weighted by Gasteiger charge is 2.42. The standard InChI is InChI=1S/C27H35ClN4O7/c1-17(2)23(26(37)32-13-6-10-19(32)24(35)21(33)14-28)30-25(36)20-11-7-12-31(20)22(34)15-29-27(38)39-16-18-8-4-3-5-9-18/h3-5,8-9,17,19-20,23H,6-7,10-16H2,1-2H3,(H,29,38)(H,30,36)/t19-,20-,23-/m0/s1. The molecule has 0 bridgehead atoms. The monoisotopic (exact) mass is 562 g/mol. The Hall–Kier alpha value is -3.47. The van der Waals surface area contributed by atoms with E-state index in [2.05, 4.69) is 10.6 Å². The van der Waals surface area contributed by atoms with Crippen molar-refractivity contribution in [3.05, 3.63) is 35.9 Å². The van der Waals surface area contributed by atoms with E-state index in [1.165, 1.54) is 9.80 Å². The van der Waals surface area contributed by atoms with Crippen molar-refractivity contribution in [2.75, 3.05) is 25.5 Å². The first-order chi connectivity index (χ1) is 18.6. The number of alkyl halides is 1. The number of Topliss-reactive ketones (excluding diaryl/α,β-unsaturated/α-hetero) is 2. The molecule has 11 nitrogen and oxygen atoms in total. The Kier molecular flexibility index (Phi) is 10.8. The van der Waals surface area contributed by atoms with Gasteiger partial charge in [0, 0.05) is 13.1 Å². The van der Waals surface area contributed by atoms with Crippen LogP contribution in [0.1, 0.15) is 45.1 Å². The second-order valence-corrected chi connectivity index (χ2v) is 10.3.